The molecule has 1 aliphatic heterocycles. The minimum absolute atomic E-state index is 0.105. The van der Waals surface area contributed by atoms with Crippen molar-refractivity contribution in [3.8, 4) is 6.07 Å². The van der Waals surface area contributed by atoms with Crippen molar-refractivity contribution in [1.29, 1.82) is 5.26 Å². The number of aromatic nitrogens is 2. The maximum absolute atomic E-state index is 13.6. The molecule has 182 valence electrons. The van der Waals surface area contributed by atoms with Crippen LogP contribution in [-0.2, 0) is 17.5 Å². The van der Waals surface area contributed by atoms with Crippen molar-refractivity contribution >= 4 is 22.8 Å². The van der Waals surface area contributed by atoms with Gasteiger partial charge in [-0.15, -0.1) is 0 Å². The second kappa shape index (κ2) is 8.29. The Morgan fingerprint density at radius 1 is 1.20 bits per heavy atom. The van der Waals surface area contributed by atoms with Gasteiger partial charge in [-0.1, -0.05) is 19.1 Å². The van der Waals surface area contributed by atoms with Gasteiger partial charge in [0.15, 0.2) is 0 Å². The Morgan fingerprint density at radius 3 is 2.77 bits per heavy atom. The van der Waals surface area contributed by atoms with E-state index in [1.807, 2.05) is 16.7 Å². The number of imidazole rings is 1. The first-order chi connectivity index (χ1) is 16.6. The van der Waals surface area contributed by atoms with E-state index in [-0.39, 0.29) is 17.6 Å². The van der Waals surface area contributed by atoms with E-state index in [4.69, 9.17) is 4.74 Å². The van der Waals surface area contributed by atoms with Crippen LogP contribution in [0, 0.1) is 16.7 Å². The van der Waals surface area contributed by atoms with Gasteiger partial charge in [0, 0.05) is 6.54 Å². The molecule has 0 radical (unpaired) electrons. The lowest BCUT2D eigenvalue weighted by molar-refractivity contribution is -0.137. The number of ether oxygens (including phenoxy) is 1. The summed E-state index contributed by atoms with van der Waals surface area (Å²) in [5.41, 5.74) is 0.302. The predicted octanol–water partition coefficient (Wildman–Crippen LogP) is 6.29. The Hall–Kier alpha value is -3.54. The number of hydrogen-bond acceptors (Lipinski definition) is 4. The van der Waals surface area contributed by atoms with Crippen LogP contribution in [0.4, 0.5) is 23.7 Å². The number of aryl methyl sites for hydroxylation is 1. The van der Waals surface area contributed by atoms with E-state index in [9.17, 15) is 23.2 Å². The second-order valence-electron chi connectivity index (χ2n) is 10.00. The highest BCUT2D eigenvalue weighted by atomic mass is 19.4. The Labute approximate surface area is 200 Å². The average molecular weight is 483 g/mol. The predicted molar refractivity (Wildman–Crippen MR) is 124 cm³/mol. The molecule has 3 aromatic rings. The first kappa shape index (κ1) is 23.2. The number of anilines is 1. The zero-order valence-electron chi connectivity index (χ0n) is 19.3. The minimum atomic E-state index is -4.56. The number of carbonyl (C=O) groups is 1. The molecule has 2 atom stereocenters. The SMILES string of the molecule is C[C@]1(CCn2cnc3ccc(C#N)cc32)CCC[C@@]2(CN(c3ccccc3C(F)(F)F)C(=O)O2)C1. The van der Waals surface area contributed by atoms with Crippen LogP contribution >= 0.6 is 0 Å². The molecule has 1 amide bonds. The zero-order valence-corrected chi connectivity index (χ0v) is 19.3. The quantitative estimate of drug-likeness (QED) is 0.438. The van der Waals surface area contributed by atoms with Gasteiger partial charge in [0.05, 0.1) is 46.8 Å². The molecular formula is C26H25F3N4O2. The first-order valence-corrected chi connectivity index (χ1v) is 11.6. The molecule has 0 unspecified atom stereocenters. The number of benzene rings is 2. The molecule has 1 saturated carbocycles. The van der Waals surface area contributed by atoms with Crippen LogP contribution in [0.1, 0.15) is 50.2 Å². The molecule has 5 rings (SSSR count). The van der Waals surface area contributed by atoms with Crippen molar-refractivity contribution in [2.75, 3.05) is 11.4 Å². The number of nitrogens with zero attached hydrogens (tertiary/aromatic N) is 4. The Morgan fingerprint density at radius 2 is 2.00 bits per heavy atom. The summed E-state index contributed by atoms with van der Waals surface area (Å²) in [7, 11) is 0. The van der Waals surface area contributed by atoms with Gasteiger partial charge in [-0.05, 0) is 67.9 Å². The fraction of sp³-hybridized carbons (Fsp3) is 0.423. The van der Waals surface area contributed by atoms with Gasteiger partial charge < -0.3 is 9.30 Å². The number of halogens is 3. The molecule has 9 heteroatoms. The number of nitriles is 1. The van der Waals surface area contributed by atoms with Gasteiger partial charge in [-0.2, -0.15) is 18.4 Å². The number of alkyl halides is 3. The highest BCUT2D eigenvalue weighted by Crippen LogP contribution is 2.49. The summed E-state index contributed by atoms with van der Waals surface area (Å²) >= 11 is 0. The Kier molecular flexibility index (Phi) is 5.50. The van der Waals surface area contributed by atoms with Crippen LogP contribution in [0.15, 0.2) is 48.8 Å². The monoisotopic (exact) mass is 482 g/mol. The molecule has 1 spiro atoms. The number of para-hydroxylation sites is 1. The summed E-state index contributed by atoms with van der Waals surface area (Å²) in [6.45, 7) is 2.93. The summed E-state index contributed by atoms with van der Waals surface area (Å²) in [4.78, 5) is 18.3. The molecule has 0 bridgehead atoms. The number of fused-ring (bicyclic) bond motifs is 1. The van der Waals surface area contributed by atoms with E-state index in [0.29, 0.717) is 24.9 Å². The maximum Gasteiger partial charge on any atom is 0.418 e. The van der Waals surface area contributed by atoms with Gasteiger partial charge in [0.25, 0.3) is 0 Å². The third-order valence-corrected chi connectivity index (χ3v) is 7.34. The highest BCUT2D eigenvalue weighted by molar-refractivity contribution is 5.91. The van der Waals surface area contributed by atoms with Crippen LogP contribution in [0.2, 0.25) is 0 Å². The fourth-order valence-electron chi connectivity index (χ4n) is 5.68. The van der Waals surface area contributed by atoms with Crippen molar-refractivity contribution in [2.24, 2.45) is 5.41 Å². The van der Waals surface area contributed by atoms with Crippen molar-refractivity contribution in [2.45, 2.75) is 57.3 Å². The van der Waals surface area contributed by atoms with E-state index in [2.05, 4.69) is 18.0 Å². The first-order valence-electron chi connectivity index (χ1n) is 11.6. The Balaban J connectivity index is 1.35. The average Bonchev–Trinajstić information content (AvgIpc) is 3.36. The van der Waals surface area contributed by atoms with Crippen LogP contribution in [0.5, 0.6) is 0 Å². The van der Waals surface area contributed by atoms with Crippen LogP contribution < -0.4 is 4.90 Å². The minimum Gasteiger partial charge on any atom is -0.441 e. The standard InChI is InChI=1S/C26H25F3N4O2/c1-24(11-12-32-17-31-20-8-7-18(14-30)13-22(20)32)9-4-10-25(15-24)16-33(23(34)35-25)21-6-3-2-5-19(21)26(27,28)29/h2-3,5-8,13,17H,4,9-12,15-16H2,1H3/t24-,25+/m1/s1. The molecular weight excluding hydrogens is 457 g/mol. The fourth-order valence-corrected chi connectivity index (χ4v) is 5.68. The van der Waals surface area contributed by atoms with Gasteiger partial charge in [0.2, 0.25) is 0 Å². The molecule has 2 aliphatic rings. The maximum atomic E-state index is 13.6. The summed E-state index contributed by atoms with van der Waals surface area (Å²) in [6.07, 6.45) is 0.212. The number of amides is 1. The van der Waals surface area contributed by atoms with E-state index >= 15 is 0 Å². The molecule has 2 fully saturated rings. The van der Waals surface area contributed by atoms with Crippen molar-refractivity contribution in [1.82, 2.24) is 9.55 Å². The number of rotatable bonds is 4. The number of carbonyl (C=O) groups excluding carboxylic acids is 1. The summed E-state index contributed by atoms with van der Waals surface area (Å²) in [5.74, 6) is 0. The third-order valence-electron chi connectivity index (χ3n) is 7.34. The molecule has 2 heterocycles. The van der Waals surface area contributed by atoms with Crippen LogP contribution in [0.25, 0.3) is 11.0 Å². The lowest BCUT2D eigenvalue weighted by Crippen LogP contribution is -2.44. The summed E-state index contributed by atoms with van der Waals surface area (Å²) < 4.78 is 48.6. The van der Waals surface area contributed by atoms with Crippen molar-refractivity contribution in [3.05, 3.63) is 59.9 Å². The Bertz CT molecular complexity index is 1330. The van der Waals surface area contributed by atoms with Crippen LogP contribution in [0.3, 0.4) is 0 Å². The van der Waals surface area contributed by atoms with Crippen molar-refractivity contribution < 1.29 is 22.7 Å². The van der Waals surface area contributed by atoms with Gasteiger partial charge >= 0.3 is 12.3 Å². The normalized spacial score (nSPS) is 24.7. The molecule has 35 heavy (non-hydrogen) atoms. The highest BCUT2D eigenvalue weighted by Gasteiger charge is 2.52. The molecule has 6 nitrogen and oxygen atoms in total. The zero-order chi connectivity index (χ0) is 24.8. The van der Waals surface area contributed by atoms with E-state index in [1.165, 1.54) is 18.2 Å². The van der Waals surface area contributed by atoms with E-state index in [1.54, 1.807) is 12.4 Å². The van der Waals surface area contributed by atoms with Gasteiger partial charge in [-0.3, -0.25) is 4.90 Å². The molecule has 2 aromatic carbocycles. The molecule has 1 aromatic heterocycles. The molecule has 0 N–H and O–H groups in total. The third kappa shape index (κ3) is 4.33. The molecule has 1 aliphatic carbocycles. The lowest BCUT2D eigenvalue weighted by atomic mass is 9.67. The van der Waals surface area contributed by atoms with Gasteiger partial charge in [-0.25, -0.2) is 9.78 Å². The van der Waals surface area contributed by atoms with E-state index < -0.39 is 23.4 Å². The van der Waals surface area contributed by atoms with E-state index in [0.717, 1.165) is 41.3 Å². The largest absolute Gasteiger partial charge is 0.441 e. The second-order valence-corrected chi connectivity index (χ2v) is 10.00. The summed E-state index contributed by atoms with van der Waals surface area (Å²) in [5, 5.41) is 9.22. The lowest BCUT2D eigenvalue weighted by Gasteiger charge is -2.43. The number of hydrogen-bond donors (Lipinski definition) is 0. The van der Waals surface area contributed by atoms with Crippen LogP contribution in [-0.4, -0.2) is 27.8 Å². The van der Waals surface area contributed by atoms with Crippen molar-refractivity contribution in [3.63, 3.8) is 0 Å². The van der Waals surface area contributed by atoms with Gasteiger partial charge in [0.1, 0.15) is 5.60 Å². The topological polar surface area (TPSA) is 71.2 Å². The molecule has 1 saturated heterocycles. The smallest absolute Gasteiger partial charge is 0.418 e. The summed E-state index contributed by atoms with van der Waals surface area (Å²) in [6, 6.07) is 12.7.